The van der Waals surface area contributed by atoms with Crippen molar-refractivity contribution in [2.45, 2.75) is 20.2 Å². The zero-order valence-corrected chi connectivity index (χ0v) is 9.71. The number of ether oxygens (including phenoxy) is 1. The maximum atomic E-state index is 11.6. The quantitative estimate of drug-likeness (QED) is 0.515. The van der Waals surface area contributed by atoms with Gasteiger partial charge in [-0.15, -0.1) is 0 Å². The van der Waals surface area contributed by atoms with Crippen molar-refractivity contribution in [3.8, 4) is 0 Å². The zero-order chi connectivity index (χ0) is 12.8. The van der Waals surface area contributed by atoms with Crippen LogP contribution in [-0.2, 0) is 15.9 Å². The molecule has 0 aliphatic heterocycles. The van der Waals surface area contributed by atoms with Crippen LogP contribution in [0.25, 0.3) is 0 Å². The summed E-state index contributed by atoms with van der Waals surface area (Å²) in [6.45, 7) is 3.44. The third-order valence-corrected chi connectivity index (χ3v) is 1.87. The van der Waals surface area contributed by atoms with Crippen LogP contribution < -0.4 is 5.23 Å². The molecular formula is C8H13B2N3O4. The Hall–Kier alpha value is -1.63. The van der Waals surface area contributed by atoms with E-state index in [-0.39, 0.29) is 18.7 Å². The molecule has 0 saturated carbocycles. The van der Waals surface area contributed by atoms with Gasteiger partial charge in [-0.25, -0.2) is 0 Å². The van der Waals surface area contributed by atoms with Crippen LogP contribution in [0, 0.1) is 0 Å². The molecule has 0 bridgehead atoms. The SMILES string of the molecule is CCOC(=O)c1cc(NB(C)O)nn1CB=O. The van der Waals surface area contributed by atoms with Gasteiger partial charge in [0.25, 0.3) is 0 Å². The normalized spacial score (nSPS) is 9.59. The first-order chi connectivity index (χ1) is 8.08. The Bertz CT molecular complexity index is 407. The Morgan fingerprint density at radius 1 is 1.76 bits per heavy atom. The molecule has 17 heavy (non-hydrogen) atoms. The first kappa shape index (κ1) is 13.4. The van der Waals surface area contributed by atoms with Gasteiger partial charge in [-0.3, -0.25) is 0 Å². The predicted molar refractivity (Wildman–Crippen MR) is 62.1 cm³/mol. The summed E-state index contributed by atoms with van der Waals surface area (Å²) in [5, 5.41) is 15.7. The van der Waals surface area contributed by atoms with Crippen LogP contribution in [0.5, 0.6) is 0 Å². The topological polar surface area (TPSA) is 93.4 Å². The molecule has 0 aliphatic rings. The van der Waals surface area contributed by atoms with E-state index in [1.165, 1.54) is 17.6 Å². The van der Waals surface area contributed by atoms with E-state index in [0.29, 0.717) is 13.0 Å². The Balaban J connectivity index is 2.95. The summed E-state index contributed by atoms with van der Waals surface area (Å²) >= 11 is 0. The predicted octanol–water partition coefficient (Wildman–Crippen LogP) is -0.411. The molecule has 0 fully saturated rings. The monoisotopic (exact) mass is 237 g/mol. The van der Waals surface area contributed by atoms with Crippen molar-refractivity contribution >= 4 is 26.0 Å². The summed E-state index contributed by atoms with van der Waals surface area (Å²) < 4.78 is 16.5. The number of esters is 1. The maximum absolute atomic E-state index is 11.6. The minimum atomic E-state index is -0.801. The molecule has 0 spiro atoms. The first-order valence-corrected chi connectivity index (χ1v) is 5.21. The third kappa shape index (κ3) is 3.70. The van der Waals surface area contributed by atoms with Crippen molar-refractivity contribution in [3.63, 3.8) is 0 Å². The van der Waals surface area contributed by atoms with Crippen LogP contribution in [0.15, 0.2) is 6.07 Å². The van der Waals surface area contributed by atoms with Crippen LogP contribution in [-0.4, -0.2) is 41.6 Å². The molecule has 0 saturated heterocycles. The van der Waals surface area contributed by atoms with Crippen molar-refractivity contribution in [2.75, 3.05) is 11.8 Å². The van der Waals surface area contributed by atoms with Crippen LogP contribution in [0.4, 0.5) is 5.82 Å². The van der Waals surface area contributed by atoms with Gasteiger partial charge >= 0.3 is 98.8 Å². The average Bonchev–Trinajstić information content (AvgIpc) is 2.61. The second-order valence-electron chi connectivity index (χ2n) is 3.30. The van der Waals surface area contributed by atoms with E-state index in [4.69, 9.17) is 9.76 Å². The molecule has 0 amide bonds. The van der Waals surface area contributed by atoms with Gasteiger partial charge in [0.05, 0.1) is 0 Å². The molecule has 1 rings (SSSR count). The van der Waals surface area contributed by atoms with E-state index in [9.17, 15) is 9.50 Å². The molecule has 0 aromatic carbocycles. The molecule has 7 nitrogen and oxygen atoms in total. The molecule has 0 aliphatic carbocycles. The molecular weight excluding hydrogens is 224 g/mol. The number of nitrogens with zero attached hydrogens (tertiary/aromatic N) is 2. The summed E-state index contributed by atoms with van der Waals surface area (Å²) in [5.41, 5.74) is 0.169. The second-order valence-corrected chi connectivity index (χ2v) is 3.30. The summed E-state index contributed by atoms with van der Waals surface area (Å²) in [7, 11) is -0.174. The summed E-state index contributed by atoms with van der Waals surface area (Å²) in [5.74, 6) is -0.245. The van der Waals surface area contributed by atoms with Crippen LogP contribution in [0.1, 0.15) is 17.4 Å². The van der Waals surface area contributed by atoms with E-state index in [2.05, 4.69) is 10.3 Å². The fraction of sp³-hybridized carbons (Fsp3) is 0.500. The standard InChI is InChI=1S/C8H13B2N3O4/c1-3-17-8(14)6-4-7(11-10(2)16)12-13(6)5-9-15/h4,16H,3,5H2,1-2H3,(H,11,12). The number of carbonyl (C=O) groups is 1. The van der Waals surface area contributed by atoms with Crippen LogP contribution >= 0.6 is 0 Å². The van der Waals surface area contributed by atoms with Gasteiger partial charge in [0.1, 0.15) is 0 Å². The van der Waals surface area contributed by atoms with Crippen molar-refractivity contribution in [2.24, 2.45) is 0 Å². The van der Waals surface area contributed by atoms with Crippen molar-refractivity contribution in [3.05, 3.63) is 11.8 Å². The average molecular weight is 237 g/mol. The Morgan fingerprint density at radius 2 is 2.47 bits per heavy atom. The van der Waals surface area contributed by atoms with Crippen LogP contribution in [0.3, 0.4) is 0 Å². The Morgan fingerprint density at radius 3 is 3.00 bits per heavy atom. The van der Waals surface area contributed by atoms with Gasteiger partial charge in [-0.1, -0.05) is 0 Å². The molecule has 0 atom stereocenters. The Kier molecular flexibility index (Phi) is 4.89. The number of hydrogen-bond donors (Lipinski definition) is 2. The van der Waals surface area contributed by atoms with E-state index in [1.807, 2.05) is 0 Å². The van der Waals surface area contributed by atoms with Gasteiger partial charge in [0, 0.05) is 0 Å². The van der Waals surface area contributed by atoms with Crippen LogP contribution in [0.2, 0.25) is 6.82 Å². The van der Waals surface area contributed by atoms with Gasteiger partial charge < -0.3 is 0 Å². The van der Waals surface area contributed by atoms with Gasteiger partial charge in [-0.05, 0) is 0 Å². The summed E-state index contributed by atoms with van der Waals surface area (Å²) in [6, 6.07) is 1.42. The van der Waals surface area contributed by atoms with Crippen molar-refractivity contribution in [1.82, 2.24) is 9.78 Å². The number of anilines is 1. The summed E-state index contributed by atoms with van der Waals surface area (Å²) in [6.07, 6.45) is -0.0460. The van der Waals surface area contributed by atoms with E-state index in [0.717, 1.165) is 0 Å². The number of nitrogens with one attached hydrogen (secondary N) is 1. The molecule has 9 heteroatoms. The second kappa shape index (κ2) is 6.19. The van der Waals surface area contributed by atoms with Crippen molar-refractivity contribution in [1.29, 1.82) is 0 Å². The third-order valence-electron chi connectivity index (χ3n) is 1.87. The summed E-state index contributed by atoms with van der Waals surface area (Å²) in [4.78, 5) is 11.6. The minimum absolute atomic E-state index is 0.0460. The van der Waals surface area contributed by atoms with E-state index < -0.39 is 13.0 Å². The fourth-order valence-electron chi connectivity index (χ4n) is 1.28. The fourth-order valence-corrected chi connectivity index (χ4v) is 1.28. The molecule has 2 N–H and O–H groups in total. The number of hydrogen-bond acceptors (Lipinski definition) is 6. The number of rotatable bonds is 6. The zero-order valence-electron chi connectivity index (χ0n) is 9.71. The first-order valence-electron chi connectivity index (χ1n) is 5.21. The number of carbonyl (C=O) groups excluding carboxylic acids is 1. The molecule has 0 unspecified atom stereocenters. The van der Waals surface area contributed by atoms with E-state index >= 15 is 0 Å². The van der Waals surface area contributed by atoms with Gasteiger partial charge in [0.2, 0.25) is 0 Å². The van der Waals surface area contributed by atoms with Crippen molar-refractivity contribution < 1.29 is 19.3 Å². The van der Waals surface area contributed by atoms with E-state index in [1.54, 1.807) is 6.92 Å². The molecule has 1 aromatic heterocycles. The Labute approximate surface area is 99.5 Å². The number of aromatic nitrogens is 2. The van der Waals surface area contributed by atoms with Gasteiger partial charge in [-0.2, -0.15) is 0 Å². The molecule has 1 aromatic rings. The van der Waals surface area contributed by atoms with Gasteiger partial charge in [0.15, 0.2) is 0 Å². The molecule has 90 valence electrons. The molecule has 1 heterocycles. The molecule has 0 radical (unpaired) electrons.